The highest BCUT2D eigenvalue weighted by Crippen LogP contribution is 2.25. The lowest BCUT2D eigenvalue weighted by Crippen LogP contribution is -2.14. The zero-order chi connectivity index (χ0) is 13.8. The van der Waals surface area contributed by atoms with Crippen LogP contribution in [0.4, 0.5) is 4.39 Å². The molecule has 0 aliphatic carbocycles. The van der Waals surface area contributed by atoms with Gasteiger partial charge in [-0.2, -0.15) is 0 Å². The Bertz CT molecular complexity index is 553. The molecule has 0 saturated carbocycles. The quantitative estimate of drug-likeness (QED) is 0.871. The largest absolute Gasteiger partial charge is 0.385 e. The molecule has 2 rings (SSSR count). The molecule has 1 unspecified atom stereocenters. The molecule has 0 saturated heterocycles. The maximum absolute atomic E-state index is 13.8. The fraction of sp³-hybridized carbons (Fsp3) is 0.357. The summed E-state index contributed by atoms with van der Waals surface area (Å²) in [6, 6.07) is 6.35. The zero-order valence-corrected chi connectivity index (χ0v) is 11.1. The van der Waals surface area contributed by atoms with Crippen LogP contribution >= 0.6 is 0 Å². The third-order valence-electron chi connectivity index (χ3n) is 3.02. The minimum atomic E-state index is -0.283. The van der Waals surface area contributed by atoms with Crippen LogP contribution in [0, 0.1) is 12.7 Å². The maximum Gasteiger partial charge on any atom is 0.132 e. The molecule has 0 spiro atoms. The predicted octanol–water partition coefficient (Wildman–Crippen LogP) is 2.56. The number of H-pyrrole nitrogens is 1. The number of aromatic nitrogens is 2. The number of nitrogens with one attached hydrogen (secondary N) is 1. The molecular formula is C14H18FN3O. The molecule has 0 radical (unpaired) electrons. The Balaban J connectivity index is 2.29. The molecule has 5 heteroatoms. The molecule has 0 aliphatic rings. The number of hydrogen-bond acceptors (Lipinski definition) is 3. The topological polar surface area (TPSA) is 63.9 Å². The summed E-state index contributed by atoms with van der Waals surface area (Å²) >= 11 is 0. The van der Waals surface area contributed by atoms with Crippen LogP contribution in [0.25, 0.3) is 11.3 Å². The first-order valence-corrected chi connectivity index (χ1v) is 6.19. The van der Waals surface area contributed by atoms with Crippen LogP contribution < -0.4 is 5.73 Å². The van der Waals surface area contributed by atoms with Crippen LogP contribution in [0.1, 0.15) is 24.0 Å². The van der Waals surface area contributed by atoms with Crippen molar-refractivity contribution in [2.75, 3.05) is 13.7 Å². The molecule has 1 aromatic carbocycles. The van der Waals surface area contributed by atoms with Gasteiger partial charge < -0.3 is 15.5 Å². The Labute approximate surface area is 111 Å². The third kappa shape index (κ3) is 3.00. The van der Waals surface area contributed by atoms with Crippen LogP contribution in [-0.2, 0) is 4.74 Å². The van der Waals surface area contributed by atoms with E-state index in [1.807, 2.05) is 6.92 Å². The smallest absolute Gasteiger partial charge is 0.132 e. The van der Waals surface area contributed by atoms with Crippen molar-refractivity contribution in [1.82, 2.24) is 9.97 Å². The van der Waals surface area contributed by atoms with Gasteiger partial charge in [0.15, 0.2) is 0 Å². The van der Waals surface area contributed by atoms with Gasteiger partial charge in [-0.15, -0.1) is 0 Å². The van der Waals surface area contributed by atoms with Crippen molar-refractivity contribution < 1.29 is 9.13 Å². The Hall–Kier alpha value is -1.72. The summed E-state index contributed by atoms with van der Waals surface area (Å²) < 4.78 is 18.8. The first-order valence-electron chi connectivity index (χ1n) is 6.19. The molecule has 0 aliphatic heterocycles. The van der Waals surface area contributed by atoms with Crippen LogP contribution in [0.5, 0.6) is 0 Å². The van der Waals surface area contributed by atoms with Gasteiger partial charge in [-0.3, -0.25) is 0 Å². The van der Waals surface area contributed by atoms with Crippen molar-refractivity contribution in [3.8, 4) is 11.3 Å². The van der Waals surface area contributed by atoms with Gasteiger partial charge in [0, 0.05) is 25.0 Å². The number of aryl methyl sites for hydroxylation is 1. The molecule has 1 aromatic heterocycles. The number of benzene rings is 1. The van der Waals surface area contributed by atoms with E-state index in [2.05, 4.69) is 9.97 Å². The molecule has 19 heavy (non-hydrogen) atoms. The highest BCUT2D eigenvalue weighted by atomic mass is 19.1. The number of rotatable bonds is 5. The molecule has 4 nitrogen and oxygen atoms in total. The van der Waals surface area contributed by atoms with Gasteiger partial charge in [0.2, 0.25) is 0 Å². The van der Waals surface area contributed by atoms with Crippen molar-refractivity contribution in [3.63, 3.8) is 0 Å². The monoisotopic (exact) mass is 263 g/mol. The second-order valence-electron chi connectivity index (χ2n) is 4.46. The lowest BCUT2D eigenvalue weighted by Gasteiger charge is -2.07. The fourth-order valence-electron chi connectivity index (χ4n) is 1.96. The fourth-order valence-corrected chi connectivity index (χ4v) is 1.96. The Morgan fingerprint density at radius 3 is 2.84 bits per heavy atom. The van der Waals surface area contributed by atoms with Crippen LogP contribution in [0.3, 0.4) is 0 Å². The molecular weight excluding hydrogens is 245 g/mol. The van der Waals surface area contributed by atoms with Crippen LogP contribution in [0.15, 0.2) is 24.3 Å². The molecule has 0 amide bonds. The highest BCUT2D eigenvalue weighted by molar-refractivity contribution is 5.62. The first kappa shape index (κ1) is 13.7. The number of hydrogen-bond donors (Lipinski definition) is 2. The van der Waals surface area contributed by atoms with Gasteiger partial charge in [0.1, 0.15) is 11.6 Å². The summed E-state index contributed by atoms with van der Waals surface area (Å²) in [5, 5.41) is 0. The summed E-state index contributed by atoms with van der Waals surface area (Å²) in [7, 11) is 1.63. The zero-order valence-electron chi connectivity index (χ0n) is 11.1. The van der Waals surface area contributed by atoms with E-state index >= 15 is 0 Å². The number of ether oxygens (including phenoxy) is 1. The van der Waals surface area contributed by atoms with Crippen LogP contribution in [0.2, 0.25) is 0 Å². The summed E-state index contributed by atoms with van der Waals surface area (Å²) in [6.07, 6.45) is 0.667. The van der Waals surface area contributed by atoms with Gasteiger partial charge in [-0.25, -0.2) is 9.37 Å². The molecule has 0 fully saturated rings. The predicted molar refractivity (Wildman–Crippen MR) is 72.1 cm³/mol. The summed E-state index contributed by atoms with van der Waals surface area (Å²) in [5.74, 6) is 0.377. The number of nitrogens with two attached hydrogens (primary N) is 1. The second kappa shape index (κ2) is 5.95. The van der Waals surface area contributed by atoms with E-state index in [1.165, 1.54) is 6.07 Å². The van der Waals surface area contributed by atoms with E-state index in [4.69, 9.17) is 10.5 Å². The summed E-state index contributed by atoms with van der Waals surface area (Å²) in [5.41, 5.74) is 7.92. The normalized spacial score (nSPS) is 12.6. The van der Waals surface area contributed by atoms with Crippen molar-refractivity contribution in [1.29, 1.82) is 0 Å². The van der Waals surface area contributed by atoms with Crippen molar-refractivity contribution in [2.45, 2.75) is 19.4 Å². The van der Waals surface area contributed by atoms with E-state index in [0.717, 1.165) is 5.69 Å². The molecule has 0 bridgehead atoms. The van der Waals surface area contributed by atoms with E-state index in [0.29, 0.717) is 30.1 Å². The third-order valence-corrected chi connectivity index (χ3v) is 3.02. The van der Waals surface area contributed by atoms with Crippen molar-refractivity contribution in [2.24, 2.45) is 5.73 Å². The summed E-state index contributed by atoms with van der Waals surface area (Å²) in [4.78, 5) is 7.54. The van der Waals surface area contributed by atoms with Crippen molar-refractivity contribution in [3.05, 3.63) is 41.6 Å². The van der Waals surface area contributed by atoms with Gasteiger partial charge in [-0.1, -0.05) is 12.1 Å². The lowest BCUT2D eigenvalue weighted by molar-refractivity contribution is 0.187. The van der Waals surface area contributed by atoms with Crippen molar-refractivity contribution >= 4 is 0 Å². The number of aromatic amines is 1. The average molecular weight is 263 g/mol. The second-order valence-corrected chi connectivity index (χ2v) is 4.46. The van der Waals surface area contributed by atoms with E-state index in [1.54, 1.807) is 25.3 Å². The van der Waals surface area contributed by atoms with E-state index in [9.17, 15) is 4.39 Å². The minimum Gasteiger partial charge on any atom is -0.385 e. The average Bonchev–Trinajstić information content (AvgIpc) is 2.78. The SMILES string of the molecule is COCCC(N)c1nc(-c2ccccc2F)c(C)[nH]1. The number of methoxy groups -OCH3 is 1. The highest BCUT2D eigenvalue weighted by Gasteiger charge is 2.16. The van der Waals surface area contributed by atoms with Crippen LogP contribution in [-0.4, -0.2) is 23.7 Å². The maximum atomic E-state index is 13.8. The number of imidazole rings is 1. The van der Waals surface area contributed by atoms with E-state index < -0.39 is 0 Å². The minimum absolute atomic E-state index is 0.237. The molecule has 1 atom stereocenters. The standard InChI is InChI=1S/C14H18FN3O/c1-9-13(10-5-3-4-6-11(10)15)18-14(17-9)12(16)7-8-19-2/h3-6,12H,7-8,16H2,1-2H3,(H,17,18). The molecule has 102 valence electrons. The van der Waals surface area contributed by atoms with Gasteiger partial charge in [0.05, 0.1) is 11.7 Å². The Morgan fingerprint density at radius 1 is 1.42 bits per heavy atom. The first-order chi connectivity index (χ1) is 9.13. The molecule has 1 heterocycles. The number of halogens is 1. The Kier molecular flexibility index (Phi) is 4.29. The Morgan fingerprint density at radius 2 is 2.16 bits per heavy atom. The van der Waals surface area contributed by atoms with Gasteiger partial charge in [-0.05, 0) is 25.5 Å². The molecule has 3 N–H and O–H groups in total. The lowest BCUT2D eigenvalue weighted by atomic mass is 10.1. The molecule has 2 aromatic rings. The number of nitrogens with zero attached hydrogens (tertiary/aromatic N) is 1. The van der Waals surface area contributed by atoms with Gasteiger partial charge in [0.25, 0.3) is 0 Å². The van der Waals surface area contributed by atoms with Gasteiger partial charge >= 0.3 is 0 Å². The summed E-state index contributed by atoms with van der Waals surface area (Å²) in [6.45, 7) is 2.43. The van der Waals surface area contributed by atoms with E-state index in [-0.39, 0.29) is 11.9 Å².